The van der Waals surface area contributed by atoms with Crippen LogP contribution in [0.1, 0.15) is 12.8 Å². The van der Waals surface area contributed by atoms with Crippen molar-refractivity contribution in [3.63, 3.8) is 0 Å². The third kappa shape index (κ3) is 7.05. The molecule has 0 aliphatic carbocycles. The van der Waals surface area contributed by atoms with Gasteiger partial charge in [0.2, 0.25) is 0 Å². The summed E-state index contributed by atoms with van der Waals surface area (Å²) in [5.74, 6) is -0.727. The lowest BCUT2D eigenvalue weighted by Crippen LogP contribution is -3.00. The van der Waals surface area contributed by atoms with Crippen LogP contribution in [0.5, 0.6) is 11.5 Å². The van der Waals surface area contributed by atoms with Gasteiger partial charge in [-0.1, -0.05) is 24.3 Å². The van der Waals surface area contributed by atoms with Crippen molar-refractivity contribution >= 4 is 10.9 Å². The molecule has 0 bridgehead atoms. The van der Waals surface area contributed by atoms with Crippen LogP contribution in [0.25, 0.3) is 44.4 Å². The van der Waals surface area contributed by atoms with E-state index in [1.165, 1.54) is 18.2 Å². The first-order chi connectivity index (χ1) is 21.0. The molecule has 1 aromatic heterocycles. The second-order valence-corrected chi connectivity index (χ2v) is 11.3. The number of pyridine rings is 1. The Bertz CT molecular complexity index is 1790. The van der Waals surface area contributed by atoms with Crippen LogP contribution in [0.15, 0.2) is 84.9 Å². The van der Waals surface area contributed by atoms with E-state index in [9.17, 15) is 13.2 Å². The van der Waals surface area contributed by atoms with Crippen molar-refractivity contribution in [1.29, 1.82) is 0 Å². The van der Waals surface area contributed by atoms with Gasteiger partial charge in [-0.3, -0.25) is 0 Å². The topological polar surface area (TPSA) is 64.6 Å². The fourth-order valence-corrected chi connectivity index (χ4v) is 5.97. The van der Waals surface area contributed by atoms with E-state index < -0.39 is 11.6 Å². The normalized spacial score (nSPS) is 17.5. The zero-order valence-electron chi connectivity index (χ0n) is 24.3. The maximum absolute atomic E-state index is 14.3. The van der Waals surface area contributed by atoms with Crippen LogP contribution in [0.4, 0.5) is 13.2 Å². The number of rotatable bonds is 7. The predicted octanol–water partition coefficient (Wildman–Crippen LogP) is -0.910. The number of aromatic nitrogens is 1. The van der Waals surface area contributed by atoms with Crippen molar-refractivity contribution in [2.75, 3.05) is 26.2 Å². The quantitative estimate of drug-likeness (QED) is 0.239. The second-order valence-electron chi connectivity index (χ2n) is 11.3. The van der Waals surface area contributed by atoms with E-state index in [1.807, 2.05) is 42.5 Å². The van der Waals surface area contributed by atoms with Crippen LogP contribution < -0.4 is 44.9 Å². The summed E-state index contributed by atoms with van der Waals surface area (Å²) >= 11 is 0. The second kappa shape index (κ2) is 14.1. The van der Waals surface area contributed by atoms with Gasteiger partial charge in [-0.15, -0.1) is 0 Å². The van der Waals surface area contributed by atoms with Crippen molar-refractivity contribution in [3.8, 4) is 45.0 Å². The van der Waals surface area contributed by atoms with Crippen LogP contribution in [0, 0.1) is 17.5 Å². The van der Waals surface area contributed by atoms with Crippen LogP contribution >= 0.6 is 0 Å². The van der Waals surface area contributed by atoms with Crippen LogP contribution in [0.3, 0.4) is 0 Å². The molecule has 0 saturated carbocycles. The van der Waals surface area contributed by atoms with E-state index in [0.29, 0.717) is 22.4 Å². The summed E-state index contributed by atoms with van der Waals surface area (Å²) in [7, 11) is 0. The number of fused-ring (bicyclic) bond motifs is 1. The van der Waals surface area contributed by atoms with Gasteiger partial charge in [0.1, 0.15) is 30.4 Å². The number of nitrogens with two attached hydrogens (primary N) is 2. The minimum atomic E-state index is -0.911. The molecule has 3 heterocycles. The molecular formula is C35H32Cl2F3N3O2. The maximum Gasteiger partial charge on any atom is 0.159 e. The fraction of sp³-hybridized carbons (Fsp3) is 0.229. The average molecular weight is 655 g/mol. The largest absolute Gasteiger partial charge is 1.00 e. The molecule has 0 spiro atoms. The summed E-state index contributed by atoms with van der Waals surface area (Å²) < 4.78 is 54.6. The fourth-order valence-electron chi connectivity index (χ4n) is 5.97. The Morgan fingerprint density at radius 3 is 1.91 bits per heavy atom. The Hall–Kier alpha value is -3.82. The summed E-state index contributed by atoms with van der Waals surface area (Å²) in [5, 5.41) is 5.33. The van der Waals surface area contributed by atoms with E-state index in [2.05, 4.69) is 10.6 Å². The Morgan fingerprint density at radius 2 is 1.24 bits per heavy atom. The number of halogens is 5. The Labute approximate surface area is 272 Å². The molecule has 2 aliphatic rings. The third-order valence-corrected chi connectivity index (χ3v) is 8.28. The minimum absolute atomic E-state index is 0. The predicted molar refractivity (Wildman–Crippen MR) is 159 cm³/mol. The van der Waals surface area contributed by atoms with Crippen molar-refractivity contribution in [2.24, 2.45) is 0 Å². The molecule has 2 fully saturated rings. The molecule has 4 N–H and O–H groups in total. The first-order valence-corrected chi connectivity index (χ1v) is 14.8. The molecule has 10 heteroatoms. The summed E-state index contributed by atoms with van der Waals surface area (Å²) in [6, 6.07) is 24.1. The molecule has 0 amide bonds. The van der Waals surface area contributed by atoms with Gasteiger partial charge in [0.05, 0.1) is 24.3 Å². The first kappa shape index (κ1) is 32.6. The molecule has 2 atom stereocenters. The number of hydrogen-bond donors (Lipinski definition) is 2. The van der Waals surface area contributed by atoms with E-state index in [4.69, 9.17) is 14.5 Å². The molecule has 45 heavy (non-hydrogen) atoms. The van der Waals surface area contributed by atoms with E-state index in [0.717, 1.165) is 78.6 Å². The molecule has 5 nitrogen and oxygen atoms in total. The molecule has 2 saturated heterocycles. The molecule has 0 radical (unpaired) electrons. The van der Waals surface area contributed by atoms with Gasteiger partial charge >= 0.3 is 0 Å². The van der Waals surface area contributed by atoms with Crippen LogP contribution in [0.2, 0.25) is 0 Å². The van der Waals surface area contributed by atoms with E-state index in [-0.39, 0.29) is 42.8 Å². The van der Waals surface area contributed by atoms with Gasteiger partial charge in [0, 0.05) is 34.9 Å². The monoisotopic (exact) mass is 653 g/mol. The standard InChI is InChI=1S/C35H30F3N3O2.2ClH/c36-25-6-1-21(2-7-25)28-15-23(5-10-34(28)42-26-11-13-39-19-26)32-9-4-24-17-35(43-27-12-14-40-20-27)29(18-33(24)41-32)22-3-8-30(37)31(38)16-22;;/h1-10,15-18,26-27,39-40H,11-14,19-20H2;2*1H/t26-,27-;;/m0../s1. The Balaban J connectivity index is 0.00000200. The van der Waals surface area contributed by atoms with Crippen molar-refractivity contribution < 1.29 is 58.1 Å². The highest BCUT2D eigenvalue weighted by Crippen LogP contribution is 2.38. The number of hydrogen-bond acceptors (Lipinski definition) is 3. The van der Waals surface area contributed by atoms with Crippen LogP contribution in [-0.2, 0) is 0 Å². The van der Waals surface area contributed by atoms with Crippen molar-refractivity contribution in [2.45, 2.75) is 25.0 Å². The lowest BCUT2D eigenvalue weighted by atomic mass is 9.98. The summed E-state index contributed by atoms with van der Waals surface area (Å²) in [4.78, 5) is 4.99. The summed E-state index contributed by atoms with van der Waals surface area (Å²) in [6.07, 6.45) is 2.06. The van der Waals surface area contributed by atoms with Crippen LogP contribution in [-0.4, -0.2) is 43.4 Å². The van der Waals surface area contributed by atoms with Gasteiger partial charge in [-0.25, -0.2) is 18.2 Å². The maximum atomic E-state index is 14.3. The van der Waals surface area contributed by atoms with E-state index in [1.54, 1.807) is 18.2 Å². The zero-order valence-corrected chi connectivity index (χ0v) is 25.8. The minimum Gasteiger partial charge on any atom is -1.00 e. The summed E-state index contributed by atoms with van der Waals surface area (Å²) in [6.45, 7) is 3.78. The van der Waals surface area contributed by atoms with Gasteiger partial charge in [-0.2, -0.15) is 0 Å². The van der Waals surface area contributed by atoms with Gasteiger partial charge in [0.25, 0.3) is 0 Å². The zero-order chi connectivity index (χ0) is 29.3. The molecule has 7 rings (SSSR count). The SMILES string of the molecule is Fc1ccc(-c2cc(-c3ccc4cc(O[C@H]5CC[NH2+]C5)c(-c5ccc(F)c(F)c5)cc4n3)ccc2O[C@H]2CC[NH2+]C2)cc1.[Cl-].[Cl-]. The molecule has 234 valence electrons. The van der Waals surface area contributed by atoms with Crippen molar-refractivity contribution in [1.82, 2.24) is 4.98 Å². The molecule has 4 aromatic carbocycles. The lowest BCUT2D eigenvalue weighted by Gasteiger charge is -2.17. The van der Waals surface area contributed by atoms with Crippen molar-refractivity contribution in [3.05, 3.63) is 102 Å². The van der Waals surface area contributed by atoms with E-state index >= 15 is 0 Å². The lowest BCUT2D eigenvalue weighted by molar-refractivity contribution is -0.638. The number of benzene rings is 4. The molecule has 0 unspecified atom stereocenters. The highest BCUT2D eigenvalue weighted by Gasteiger charge is 2.23. The van der Waals surface area contributed by atoms with Gasteiger partial charge in [-0.05, 0) is 71.8 Å². The first-order valence-electron chi connectivity index (χ1n) is 14.8. The highest BCUT2D eigenvalue weighted by atomic mass is 35.5. The Morgan fingerprint density at radius 1 is 0.600 bits per heavy atom. The highest BCUT2D eigenvalue weighted by molar-refractivity contribution is 5.90. The molecule has 5 aromatic rings. The average Bonchev–Trinajstić information content (AvgIpc) is 3.74. The van der Waals surface area contributed by atoms with Gasteiger partial charge in [0.15, 0.2) is 23.8 Å². The molecular weight excluding hydrogens is 622 g/mol. The Kier molecular flexibility index (Phi) is 10.2. The number of nitrogens with zero attached hydrogens (tertiary/aromatic N) is 1. The number of ether oxygens (including phenoxy) is 2. The third-order valence-electron chi connectivity index (χ3n) is 8.28. The van der Waals surface area contributed by atoms with Gasteiger partial charge < -0.3 is 44.9 Å². The smallest absolute Gasteiger partial charge is 0.159 e. The summed E-state index contributed by atoms with van der Waals surface area (Å²) in [5.41, 5.74) is 5.22. The number of quaternary nitrogens is 2. The molecule has 2 aliphatic heterocycles.